The predicted molar refractivity (Wildman–Crippen MR) is 47.2 cm³/mol. The van der Waals surface area contributed by atoms with Crippen molar-refractivity contribution in [1.29, 1.82) is 0 Å². The third-order valence-electron chi connectivity index (χ3n) is 1.54. The van der Waals surface area contributed by atoms with E-state index in [0.29, 0.717) is 0 Å². The first-order valence-electron chi connectivity index (χ1n) is 3.31. The standard InChI is InChI=1S/C8H7NOS/c10-11-6-5-7-3-1-2-4-8(7)9-11/h1-6,9H. The quantitative estimate of drug-likeness (QED) is 0.594. The van der Waals surface area contributed by atoms with Crippen LogP contribution >= 0.6 is 0 Å². The van der Waals surface area contributed by atoms with E-state index in [1.54, 1.807) is 5.41 Å². The minimum absolute atomic E-state index is 0.938. The van der Waals surface area contributed by atoms with Gasteiger partial charge in [-0.3, -0.25) is 0 Å². The minimum atomic E-state index is -1.03. The molecule has 1 aromatic rings. The Bertz CT molecular complexity index is 298. The molecule has 0 amide bonds. The number of para-hydroxylation sites is 1. The Morgan fingerprint density at radius 2 is 2.09 bits per heavy atom. The van der Waals surface area contributed by atoms with Gasteiger partial charge < -0.3 is 4.55 Å². The van der Waals surface area contributed by atoms with Gasteiger partial charge >= 0.3 is 0 Å². The fourth-order valence-electron chi connectivity index (χ4n) is 1.01. The molecule has 1 aromatic carbocycles. The smallest absolute Gasteiger partial charge is 0.145 e. The number of anilines is 1. The van der Waals surface area contributed by atoms with E-state index < -0.39 is 11.4 Å². The Labute approximate surface area is 68.2 Å². The molecule has 0 spiro atoms. The van der Waals surface area contributed by atoms with E-state index in [1.165, 1.54) is 0 Å². The van der Waals surface area contributed by atoms with Crippen LogP contribution in [0.3, 0.4) is 0 Å². The van der Waals surface area contributed by atoms with Crippen LogP contribution in [0.1, 0.15) is 5.56 Å². The van der Waals surface area contributed by atoms with E-state index >= 15 is 0 Å². The molecule has 0 radical (unpaired) electrons. The Hall–Kier alpha value is -0.930. The molecular formula is C8H7NOS. The fraction of sp³-hybridized carbons (Fsp3) is 0. The zero-order chi connectivity index (χ0) is 7.68. The highest BCUT2D eigenvalue weighted by atomic mass is 32.2. The van der Waals surface area contributed by atoms with Gasteiger partial charge in [-0.25, -0.2) is 4.72 Å². The SMILES string of the molecule is [O-][S+]1C=Cc2ccccc2N1. The normalized spacial score (nSPS) is 20.6. The number of hydrogen-bond donors (Lipinski definition) is 1. The molecule has 0 aliphatic carbocycles. The van der Waals surface area contributed by atoms with E-state index in [9.17, 15) is 4.55 Å². The van der Waals surface area contributed by atoms with Crippen LogP contribution in [0.2, 0.25) is 0 Å². The topological polar surface area (TPSA) is 35.1 Å². The molecule has 0 fully saturated rings. The maximum Gasteiger partial charge on any atom is 0.145 e. The lowest BCUT2D eigenvalue weighted by atomic mass is 10.2. The second kappa shape index (κ2) is 2.60. The van der Waals surface area contributed by atoms with Gasteiger partial charge in [-0.1, -0.05) is 18.2 Å². The highest BCUT2D eigenvalue weighted by Gasteiger charge is 2.10. The Balaban J connectivity index is 2.46. The maximum atomic E-state index is 10.9. The number of benzene rings is 1. The van der Waals surface area contributed by atoms with Gasteiger partial charge in [-0.2, -0.15) is 0 Å². The van der Waals surface area contributed by atoms with Crippen LogP contribution in [0.25, 0.3) is 6.08 Å². The van der Waals surface area contributed by atoms with Gasteiger partial charge in [0.2, 0.25) is 0 Å². The molecule has 3 heteroatoms. The molecular weight excluding hydrogens is 158 g/mol. The van der Waals surface area contributed by atoms with Crippen LogP contribution in [0.4, 0.5) is 5.69 Å². The number of fused-ring (bicyclic) bond motifs is 1. The summed E-state index contributed by atoms with van der Waals surface area (Å²) >= 11 is -1.03. The monoisotopic (exact) mass is 165 g/mol. The summed E-state index contributed by atoms with van der Waals surface area (Å²) in [6.07, 6.45) is 1.86. The number of hydrogen-bond acceptors (Lipinski definition) is 2. The second-order valence-electron chi connectivity index (χ2n) is 2.29. The van der Waals surface area contributed by atoms with E-state index in [4.69, 9.17) is 0 Å². The molecule has 1 aliphatic rings. The summed E-state index contributed by atoms with van der Waals surface area (Å²) in [6.45, 7) is 0. The van der Waals surface area contributed by atoms with Gasteiger partial charge in [0.15, 0.2) is 0 Å². The Morgan fingerprint density at radius 3 is 3.00 bits per heavy atom. The van der Waals surface area contributed by atoms with Crippen molar-refractivity contribution in [3.8, 4) is 0 Å². The average molecular weight is 165 g/mol. The van der Waals surface area contributed by atoms with Gasteiger partial charge in [0.25, 0.3) is 0 Å². The van der Waals surface area contributed by atoms with E-state index in [2.05, 4.69) is 4.72 Å². The second-order valence-corrected chi connectivity index (χ2v) is 3.36. The van der Waals surface area contributed by atoms with Crippen LogP contribution in [0, 0.1) is 0 Å². The molecule has 1 aliphatic heterocycles. The van der Waals surface area contributed by atoms with Crippen LogP contribution in [0.15, 0.2) is 29.7 Å². The van der Waals surface area contributed by atoms with Crippen LogP contribution < -0.4 is 4.72 Å². The van der Waals surface area contributed by atoms with Crippen molar-refractivity contribution in [2.24, 2.45) is 0 Å². The molecule has 0 aromatic heterocycles. The highest BCUT2D eigenvalue weighted by molar-refractivity contribution is 7.95. The lowest BCUT2D eigenvalue weighted by Crippen LogP contribution is -2.12. The van der Waals surface area contributed by atoms with Crippen LogP contribution in [-0.4, -0.2) is 4.55 Å². The van der Waals surface area contributed by atoms with Gasteiger partial charge in [0, 0.05) is 5.56 Å². The van der Waals surface area contributed by atoms with Crippen molar-refractivity contribution in [1.82, 2.24) is 0 Å². The van der Waals surface area contributed by atoms with Gasteiger partial charge in [0.1, 0.15) is 5.41 Å². The summed E-state index contributed by atoms with van der Waals surface area (Å²) in [5.74, 6) is 0. The average Bonchev–Trinajstić information content (AvgIpc) is 2.04. The molecule has 0 saturated carbocycles. The van der Waals surface area contributed by atoms with Gasteiger partial charge in [-0.15, -0.1) is 0 Å². The van der Waals surface area contributed by atoms with Crippen LogP contribution in [0.5, 0.6) is 0 Å². The summed E-state index contributed by atoms with van der Waals surface area (Å²) in [6, 6.07) is 7.77. The summed E-state index contributed by atoms with van der Waals surface area (Å²) in [5, 5.41) is 1.64. The third-order valence-corrected chi connectivity index (χ3v) is 2.35. The van der Waals surface area contributed by atoms with Crippen molar-refractivity contribution < 1.29 is 4.55 Å². The minimum Gasteiger partial charge on any atom is -0.588 e. The molecule has 0 bridgehead atoms. The number of rotatable bonds is 0. The van der Waals surface area contributed by atoms with Crippen molar-refractivity contribution in [3.05, 3.63) is 35.2 Å². The first-order valence-corrected chi connectivity index (χ1v) is 4.52. The van der Waals surface area contributed by atoms with Crippen molar-refractivity contribution in [3.63, 3.8) is 0 Å². The summed E-state index contributed by atoms with van der Waals surface area (Å²) < 4.78 is 13.8. The van der Waals surface area contributed by atoms with Crippen molar-refractivity contribution in [2.75, 3.05) is 4.72 Å². The molecule has 2 nitrogen and oxygen atoms in total. The predicted octanol–water partition coefficient (Wildman–Crippen LogP) is 1.75. The van der Waals surface area contributed by atoms with E-state index in [1.807, 2.05) is 30.3 Å². The molecule has 2 rings (SSSR count). The van der Waals surface area contributed by atoms with Crippen molar-refractivity contribution in [2.45, 2.75) is 0 Å². The van der Waals surface area contributed by atoms with Crippen LogP contribution in [-0.2, 0) is 11.4 Å². The summed E-state index contributed by atoms with van der Waals surface area (Å²) in [7, 11) is 0. The zero-order valence-electron chi connectivity index (χ0n) is 5.78. The number of nitrogens with one attached hydrogen (secondary N) is 1. The van der Waals surface area contributed by atoms with E-state index in [-0.39, 0.29) is 0 Å². The van der Waals surface area contributed by atoms with Gasteiger partial charge in [-0.05, 0) is 12.1 Å². The molecule has 1 heterocycles. The molecule has 0 saturated heterocycles. The fourth-order valence-corrected chi connectivity index (χ4v) is 1.75. The third kappa shape index (κ3) is 1.25. The lowest BCUT2D eigenvalue weighted by molar-refractivity contribution is 0.608. The molecule has 11 heavy (non-hydrogen) atoms. The molecule has 56 valence electrons. The summed E-state index contributed by atoms with van der Waals surface area (Å²) in [4.78, 5) is 0. The molecule has 1 N–H and O–H groups in total. The Morgan fingerprint density at radius 1 is 1.27 bits per heavy atom. The highest BCUT2D eigenvalue weighted by Crippen LogP contribution is 2.22. The van der Waals surface area contributed by atoms with Crippen molar-refractivity contribution >= 4 is 23.1 Å². The zero-order valence-corrected chi connectivity index (χ0v) is 6.60. The first-order chi connectivity index (χ1) is 5.36. The van der Waals surface area contributed by atoms with E-state index in [0.717, 1.165) is 11.3 Å². The first kappa shape index (κ1) is 6.76. The molecule has 1 atom stereocenters. The maximum absolute atomic E-state index is 10.9. The van der Waals surface area contributed by atoms with Gasteiger partial charge in [0.05, 0.1) is 17.0 Å². The largest absolute Gasteiger partial charge is 0.588 e. The lowest BCUT2D eigenvalue weighted by Gasteiger charge is -2.13. The molecule has 1 unspecified atom stereocenters. The Kier molecular flexibility index (Phi) is 1.60. The summed E-state index contributed by atoms with van der Waals surface area (Å²) in [5.41, 5.74) is 2.03.